The summed E-state index contributed by atoms with van der Waals surface area (Å²) in [4.78, 5) is 34.8. The molecule has 0 bridgehead atoms. The Kier molecular flexibility index (Phi) is 7.87. The minimum atomic E-state index is -0.550. The highest BCUT2D eigenvalue weighted by atomic mass is 35.5. The van der Waals surface area contributed by atoms with Crippen LogP contribution < -0.4 is 20.3 Å². The number of nitrogens with one attached hydrogen (secondary N) is 2. The van der Waals surface area contributed by atoms with Gasteiger partial charge in [0.2, 0.25) is 5.91 Å². The van der Waals surface area contributed by atoms with E-state index >= 15 is 0 Å². The van der Waals surface area contributed by atoms with Gasteiger partial charge in [0.25, 0.3) is 0 Å². The molecule has 0 radical (unpaired) electrons. The zero-order valence-electron chi connectivity index (χ0n) is 19.6. The highest BCUT2D eigenvalue weighted by Crippen LogP contribution is 2.35. The smallest absolute Gasteiger partial charge is 0.320 e. The minimum Gasteiger partial charge on any atom is -0.487 e. The maximum atomic E-state index is 12.7. The van der Waals surface area contributed by atoms with Crippen LogP contribution in [-0.4, -0.2) is 35.5 Å². The fourth-order valence-electron chi connectivity index (χ4n) is 3.47. The van der Waals surface area contributed by atoms with Crippen molar-refractivity contribution in [2.75, 3.05) is 23.8 Å². The van der Waals surface area contributed by atoms with Gasteiger partial charge in [-0.3, -0.25) is 10.1 Å². The molecule has 0 saturated carbocycles. The average molecular weight is 524 g/mol. The van der Waals surface area contributed by atoms with Gasteiger partial charge in [0.15, 0.2) is 0 Å². The molecule has 0 aliphatic carbocycles. The number of urea groups is 1. The summed E-state index contributed by atoms with van der Waals surface area (Å²) in [5.41, 5.74) is 2.58. The molecule has 0 spiro atoms. The highest BCUT2D eigenvalue weighted by Gasteiger charge is 2.19. The summed E-state index contributed by atoms with van der Waals surface area (Å²) in [6.45, 7) is 1.74. The van der Waals surface area contributed by atoms with Crippen LogP contribution in [0.25, 0.3) is 10.9 Å². The highest BCUT2D eigenvalue weighted by molar-refractivity contribution is 6.38. The summed E-state index contributed by atoms with van der Waals surface area (Å²) >= 11 is 13.1. The van der Waals surface area contributed by atoms with Gasteiger partial charge in [0.1, 0.15) is 23.7 Å². The predicted octanol–water partition coefficient (Wildman–Crippen LogP) is 5.61. The summed E-state index contributed by atoms with van der Waals surface area (Å²) < 4.78 is 6.05. The van der Waals surface area contributed by atoms with Crippen molar-refractivity contribution in [2.45, 2.75) is 13.5 Å². The van der Waals surface area contributed by atoms with Gasteiger partial charge in [-0.05, 0) is 43.3 Å². The summed E-state index contributed by atoms with van der Waals surface area (Å²) in [7, 11) is 1.57. The van der Waals surface area contributed by atoms with Gasteiger partial charge in [0, 0.05) is 34.9 Å². The van der Waals surface area contributed by atoms with E-state index in [4.69, 9.17) is 27.9 Å². The number of anilines is 2. The molecule has 0 aliphatic rings. The number of benzene rings is 2. The Morgan fingerprint density at radius 3 is 2.64 bits per heavy atom. The summed E-state index contributed by atoms with van der Waals surface area (Å²) in [5, 5.41) is 6.70. The molecule has 0 aliphatic heterocycles. The van der Waals surface area contributed by atoms with E-state index in [0.29, 0.717) is 27.8 Å². The fourth-order valence-corrected chi connectivity index (χ4v) is 4.07. The van der Waals surface area contributed by atoms with E-state index in [9.17, 15) is 9.59 Å². The Labute approximate surface area is 218 Å². The number of aryl methyl sites for hydroxylation is 1. The van der Waals surface area contributed by atoms with Gasteiger partial charge in [-0.15, -0.1) is 0 Å². The molecular formula is C26H23Cl2N5O3. The molecule has 2 aromatic heterocycles. The van der Waals surface area contributed by atoms with Crippen molar-refractivity contribution in [3.63, 3.8) is 0 Å². The Hall–Kier alpha value is -3.88. The van der Waals surface area contributed by atoms with Crippen LogP contribution in [0.5, 0.6) is 5.75 Å². The Morgan fingerprint density at radius 2 is 1.86 bits per heavy atom. The first-order chi connectivity index (χ1) is 17.3. The SMILES string of the molecule is Cc1ccc2cccc(OCc3c(Cl)ccc(N(C)C(=O)CNC(=O)Nc4ccccn4)c3Cl)c2n1. The Balaban J connectivity index is 1.45. The van der Waals surface area contributed by atoms with Gasteiger partial charge < -0.3 is 15.0 Å². The van der Waals surface area contributed by atoms with Crippen molar-refractivity contribution in [3.8, 4) is 5.75 Å². The normalized spacial score (nSPS) is 10.7. The molecule has 0 fully saturated rings. The zero-order chi connectivity index (χ0) is 25.7. The zero-order valence-corrected chi connectivity index (χ0v) is 21.1. The van der Waals surface area contributed by atoms with E-state index < -0.39 is 6.03 Å². The molecule has 2 aromatic carbocycles. The van der Waals surface area contributed by atoms with E-state index in [1.807, 2.05) is 37.3 Å². The van der Waals surface area contributed by atoms with Crippen LogP contribution in [0.2, 0.25) is 10.0 Å². The average Bonchev–Trinajstić information content (AvgIpc) is 2.87. The van der Waals surface area contributed by atoms with E-state index in [1.54, 1.807) is 43.6 Å². The lowest BCUT2D eigenvalue weighted by Gasteiger charge is -2.21. The molecule has 8 nitrogen and oxygen atoms in total. The number of hydrogen-bond donors (Lipinski definition) is 2. The molecule has 3 amide bonds. The number of likely N-dealkylation sites (N-methyl/N-ethyl adjacent to an activating group) is 1. The number of carbonyl (C=O) groups is 2. The van der Waals surface area contributed by atoms with Crippen molar-refractivity contribution >= 4 is 57.5 Å². The molecule has 4 aromatic rings. The molecule has 10 heteroatoms. The predicted molar refractivity (Wildman–Crippen MR) is 142 cm³/mol. The number of aromatic nitrogens is 2. The molecule has 4 rings (SSSR count). The van der Waals surface area contributed by atoms with Crippen molar-refractivity contribution in [3.05, 3.63) is 88.2 Å². The molecular weight excluding hydrogens is 501 g/mol. The molecule has 0 atom stereocenters. The summed E-state index contributed by atoms with van der Waals surface area (Å²) in [5.74, 6) is 0.593. The van der Waals surface area contributed by atoms with Gasteiger partial charge >= 0.3 is 6.03 Å². The third-order valence-corrected chi connectivity index (χ3v) is 6.18. The second-order valence-electron chi connectivity index (χ2n) is 7.90. The van der Waals surface area contributed by atoms with E-state index in [1.165, 1.54) is 4.90 Å². The molecule has 36 heavy (non-hydrogen) atoms. The molecule has 184 valence electrons. The first-order valence-corrected chi connectivity index (χ1v) is 11.8. The molecule has 0 saturated heterocycles. The fraction of sp³-hybridized carbons (Fsp3) is 0.154. The number of pyridine rings is 2. The topological polar surface area (TPSA) is 96.5 Å². The van der Waals surface area contributed by atoms with Crippen LogP contribution in [0.15, 0.2) is 66.9 Å². The number of para-hydroxylation sites is 1. The monoisotopic (exact) mass is 523 g/mol. The van der Waals surface area contributed by atoms with Crippen LogP contribution >= 0.6 is 23.2 Å². The summed E-state index contributed by atoms with van der Waals surface area (Å²) in [6, 6.07) is 17.4. The second-order valence-corrected chi connectivity index (χ2v) is 8.69. The number of carbonyl (C=O) groups excluding carboxylic acids is 2. The number of ether oxygens (including phenoxy) is 1. The van der Waals surface area contributed by atoms with Crippen LogP contribution in [0.4, 0.5) is 16.3 Å². The van der Waals surface area contributed by atoms with E-state index in [0.717, 1.165) is 16.6 Å². The third-order valence-electron chi connectivity index (χ3n) is 5.40. The van der Waals surface area contributed by atoms with Gasteiger partial charge in [-0.25, -0.2) is 14.8 Å². The van der Waals surface area contributed by atoms with Gasteiger partial charge in [0.05, 0.1) is 17.3 Å². The van der Waals surface area contributed by atoms with Gasteiger partial charge in [-0.1, -0.05) is 47.5 Å². The quantitative estimate of drug-likeness (QED) is 0.328. The van der Waals surface area contributed by atoms with E-state index in [-0.39, 0.29) is 24.1 Å². The van der Waals surface area contributed by atoms with Crippen LogP contribution in [0, 0.1) is 6.92 Å². The molecule has 2 N–H and O–H groups in total. The largest absolute Gasteiger partial charge is 0.487 e. The standard InChI is InChI=1S/C26H23Cl2N5O3/c1-16-9-10-17-6-5-7-21(25(17)31-16)36-15-18-19(27)11-12-20(24(18)28)33(2)23(34)14-30-26(35)32-22-8-3-4-13-29-22/h3-13H,14-15H2,1-2H3,(H2,29,30,32,35). The number of halogens is 2. The lowest BCUT2D eigenvalue weighted by Crippen LogP contribution is -2.40. The van der Waals surface area contributed by atoms with Crippen molar-refractivity contribution in [1.29, 1.82) is 0 Å². The Bertz CT molecular complexity index is 1420. The number of fused-ring (bicyclic) bond motifs is 1. The molecule has 2 heterocycles. The lowest BCUT2D eigenvalue weighted by atomic mass is 10.1. The lowest BCUT2D eigenvalue weighted by molar-refractivity contribution is -0.117. The van der Waals surface area contributed by atoms with Crippen molar-refractivity contribution < 1.29 is 14.3 Å². The molecule has 0 unspecified atom stereocenters. The Morgan fingerprint density at radius 1 is 1.03 bits per heavy atom. The number of nitrogens with zero attached hydrogens (tertiary/aromatic N) is 3. The van der Waals surface area contributed by atoms with Crippen molar-refractivity contribution in [1.82, 2.24) is 15.3 Å². The first-order valence-electron chi connectivity index (χ1n) is 11.0. The maximum absolute atomic E-state index is 12.7. The number of hydrogen-bond acceptors (Lipinski definition) is 5. The summed E-state index contributed by atoms with van der Waals surface area (Å²) in [6.07, 6.45) is 1.55. The second kappa shape index (κ2) is 11.2. The van der Waals surface area contributed by atoms with E-state index in [2.05, 4.69) is 20.6 Å². The maximum Gasteiger partial charge on any atom is 0.320 e. The number of rotatable bonds is 7. The number of amides is 3. The minimum absolute atomic E-state index is 0.0764. The van der Waals surface area contributed by atoms with Crippen LogP contribution in [0.1, 0.15) is 11.3 Å². The van der Waals surface area contributed by atoms with Crippen LogP contribution in [0.3, 0.4) is 0 Å². The first kappa shape index (κ1) is 25.2. The van der Waals surface area contributed by atoms with Gasteiger partial charge in [-0.2, -0.15) is 0 Å². The van der Waals surface area contributed by atoms with Crippen molar-refractivity contribution in [2.24, 2.45) is 0 Å². The van der Waals surface area contributed by atoms with Crippen LogP contribution in [-0.2, 0) is 11.4 Å². The third kappa shape index (κ3) is 5.84.